The van der Waals surface area contributed by atoms with E-state index < -0.39 is 0 Å². The minimum atomic E-state index is -0.180. The average molecular weight is 414 g/mol. The van der Waals surface area contributed by atoms with Crippen molar-refractivity contribution in [1.29, 1.82) is 0 Å². The van der Waals surface area contributed by atoms with Gasteiger partial charge in [-0.2, -0.15) is 0 Å². The topological polar surface area (TPSA) is 43.1 Å². The van der Waals surface area contributed by atoms with E-state index in [4.69, 9.17) is 5.73 Å². The molecule has 1 unspecified atom stereocenters. The van der Waals surface area contributed by atoms with Gasteiger partial charge in [0.25, 0.3) is 0 Å². The molecular weight excluding hydrogens is 366 g/mol. The maximum Gasteiger partial charge on any atom is 0.244 e. The first-order valence-electron chi connectivity index (χ1n) is 13.2. The summed E-state index contributed by atoms with van der Waals surface area (Å²) in [6.45, 7) is 12.5. The van der Waals surface area contributed by atoms with Gasteiger partial charge in [-0.05, 0) is 104 Å². The monoisotopic (exact) mass is 413 g/mol. The lowest BCUT2D eigenvalue weighted by Crippen LogP contribution is -2.53. The van der Waals surface area contributed by atoms with E-state index in [9.17, 15) is 4.79 Å². The predicted octanol–water partition coefficient (Wildman–Crippen LogP) is 7.13. The Bertz CT molecular complexity index is 680. The van der Waals surface area contributed by atoms with Gasteiger partial charge in [-0.3, -0.25) is 4.79 Å². The molecule has 3 fully saturated rings. The van der Waals surface area contributed by atoms with Gasteiger partial charge in [0.2, 0.25) is 5.91 Å². The lowest BCUT2D eigenvalue weighted by molar-refractivity contribution is -0.117. The number of rotatable bonds is 6. The second kappa shape index (κ2) is 8.28. The van der Waals surface area contributed by atoms with Gasteiger partial charge in [0.05, 0.1) is 0 Å². The molecule has 8 atom stereocenters. The van der Waals surface area contributed by atoms with Gasteiger partial charge in [-0.15, -0.1) is 0 Å². The summed E-state index contributed by atoms with van der Waals surface area (Å²) in [5.74, 6) is 5.87. The van der Waals surface area contributed by atoms with Gasteiger partial charge >= 0.3 is 0 Å². The highest BCUT2D eigenvalue weighted by Gasteiger charge is 2.60. The molecule has 0 bridgehead atoms. The van der Waals surface area contributed by atoms with E-state index in [1.54, 1.807) is 0 Å². The zero-order valence-electron chi connectivity index (χ0n) is 20.4. The molecule has 1 amide bonds. The Morgan fingerprint density at radius 3 is 2.47 bits per heavy atom. The molecular formula is C28H47NO. The smallest absolute Gasteiger partial charge is 0.244 e. The van der Waals surface area contributed by atoms with Crippen LogP contribution in [0, 0.1) is 52.3 Å². The van der Waals surface area contributed by atoms with E-state index in [2.05, 4.69) is 40.7 Å². The number of fused-ring (bicyclic) bond motifs is 5. The minimum Gasteiger partial charge on any atom is -0.366 e. The Labute approximate surface area is 185 Å². The first-order valence-corrected chi connectivity index (χ1v) is 13.2. The molecule has 0 aliphatic heterocycles. The second-order valence-corrected chi connectivity index (χ2v) is 12.7. The highest BCUT2D eigenvalue weighted by atomic mass is 16.1. The molecule has 0 aromatic heterocycles. The van der Waals surface area contributed by atoms with E-state index in [1.165, 1.54) is 57.8 Å². The third kappa shape index (κ3) is 3.69. The molecule has 0 spiro atoms. The Hall–Kier alpha value is -0.790. The molecule has 2 heteroatoms. The van der Waals surface area contributed by atoms with E-state index in [1.807, 2.05) is 0 Å². The average Bonchev–Trinajstić information content (AvgIpc) is 3.04. The number of carbonyl (C=O) groups is 1. The first kappa shape index (κ1) is 22.4. The molecule has 3 saturated carbocycles. The van der Waals surface area contributed by atoms with Crippen molar-refractivity contribution in [3.05, 3.63) is 11.6 Å². The molecule has 4 aliphatic rings. The van der Waals surface area contributed by atoms with Crippen LogP contribution in [0.1, 0.15) is 105 Å². The van der Waals surface area contributed by atoms with Gasteiger partial charge in [0.15, 0.2) is 0 Å². The van der Waals surface area contributed by atoms with Gasteiger partial charge in [0.1, 0.15) is 0 Å². The number of primary amides is 1. The molecule has 0 heterocycles. The van der Waals surface area contributed by atoms with Crippen LogP contribution in [0.5, 0.6) is 0 Å². The van der Waals surface area contributed by atoms with Crippen LogP contribution < -0.4 is 5.73 Å². The maximum absolute atomic E-state index is 11.8. The van der Waals surface area contributed by atoms with Crippen LogP contribution in [-0.4, -0.2) is 5.91 Å². The number of amides is 1. The molecule has 4 rings (SSSR count). The molecule has 2 N–H and O–H groups in total. The SMILES string of the molecule is CC(C)CCC[C@@H](C)[C@H]1CC[C@H]2[C@@H]3CCC4CC(C(N)=O)=CC[C@]4(C)[C@H]3CC[C@]12C. The predicted molar refractivity (Wildman–Crippen MR) is 126 cm³/mol. The summed E-state index contributed by atoms with van der Waals surface area (Å²) in [7, 11) is 0. The normalized spacial score (nSPS) is 44.1. The fourth-order valence-corrected chi connectivity index (χ4v) is 9.11. The van der Waals surface area contributed by atoms with Crippen molar-refractivity contribution in [3.8, 4) is 0 Å². The number of carbonyl (C=O) groups excluding carboxylic acids is 1. The Kier molecular flexibility index (Phi) is 6.19. The van der Waals surface area contributed by atoms with Crippen LogP contribution in [-0.2, 0) is 4.79 Å². The van der Waals surface area contributed by atoms with Crippen LogP contribution in [0.25, 0.3) is 0 Å². The Balaban J connectivity index is 1.48. The van der Waals surface area contributed by atoms with Crippen molar-refractivity contribution < 1.29 is 4.79 Å². The summed E-state index contributed by atoms with van der Waals surface area (Å²) in [5.41, 5.74) is 7.52. The minimum absolute atomic E-state index is 0.180. The highest BCUT2D eigenvalue weighted by molar-refractivity contribution is 5.92. The molecule has 2 nitrogen and oxygen atoms in total. The number of hydrogen-bond acceptors (Lipinski definition) is 1. The van der Waals surface area contributed by atoms with Crippen molar-refractivity contribution in [2.24, 2.45) is 58.0 Å². The summed E-state index contributed by atoms with van der Waals surface area (Å²) >= 11 is 0. The van der Waals surface area contributed by atoms with E-state index in [0.717, 1.165) is 53.9 Å². The van der Waals surface area contributed by atoms with Crippen molar-refractivity contribution in [3.63, 3.8) is 0 Å². The zero-order valence-corrected chi connectivity index (χ0v) is 20.4. The second-order valence-electron chi connectivity index (χ2n) is 12.7. The summed E-state index contributed by atoms with van der Waals surface area (Å²) in [6.07, 6.45) is 17.0. The molecule has 0 saturated heterocycles. The van der Waals surface area contributed by atoms with Crippen molar-refractivity contribution in [1.82, 2.24) is 0 Å². The molecule has 4 aliphatic carbocycles. The maximum atomic E-state index is 11.8. The van der Waals surface area contributed by atoms with Crippen LogP contribution in [0.3, 0.4) is 0 Å². The van der Waals surface area contributed by atoms with E-state index in [-0.39, 0.29) is 5.91 Å². The molecule has 0 aromatic carbocycles. The quantitative estimate of drug-likeness (QED) is 0.494. The Morgan fingerprint density at radius 2 is 1.77 bits per heavy atom. The fourth-order valence-electron chi connectivity index (χ4n) is 9.11. The lowest BCUT2D eigenvalue weighted by Gasteiger charge is -2.60. The van der Waals surface area contributed by atoms with Crippen molar-refractivity contribution >= 4 is 5.91 Å². The number of nitrogens with two attached hydrogens (primary N) is 1. The third-order valence-electron chi connectivity index (χ3n) is 10.8. The molecule has 30 heavy (non-hydrogen) atoms. The van der Waals surface area contributed by atoms with E-state index in [0.29, 0.717) is 16.7 Å². The summed E-state index contributed by atoms with van der Waals surface area (Å²) < 4.78 is 0. The van der Waals surface area contributed by atoms with Crippen molar-refractivity contribution in [2.75, 3.05) is 0 Å². The summed E-state index contributed by atoms with van der Waals surface area (Å²) in [6, 6.07) is 0. The van der Waals surface area contributed by atoms with Gasteiger partial charge < -0.3 is 5.73 Å². The Morgan fingerprint density at radius 1 is 1.03 bits per heavy atom. The van der Waals surface area contributed by atoms with Crippen LogP contribution in [0.15, 0.2) is 11.6 Å². The molecule has 0 radical (unpaired) electrons. The molecule has 170 valence electrons. The summed E-state index contributed by atoms with van der Waals surface area (Å²) in [5, 5.41) is 0. The van der Waals surface area contributed by atoms with Gasteiger partial charge in [-0.1, -0.05) is 60.0 Å². The van der Waals surface area contributed by atoms with E-state index >= 15 is 0 Å². The largest absolute Gasteiger partial charge is 0.366 e. The zero-order chi connectivity index (χ0) is 21.7. The molecule has 0 aromatic rings. The van der Waals surface area contributed by atoms with Crippen LogP contribution >= 0.6 is 0 Å². The number of allylic oxidation sites excluding steroid dienone is 1. The lowest BCUT2D eigenvalue weighted by atomic mass is 9.44. The third-order valence-corrected chi connectivity index (χ3v) is 10.8. The highest BCUT2D eigenvalue weighted by Crippen LogP contribution is 2.68. The fraction of sp³-hybridized carbons (Fsp3) is 0.893. The van der Waals surface area contributed by atoms with Crippen LogP contribution in [0.2, 0.25) is 0 Å². The summed E-state index contributed by atoms with van der Waals surface area (Å²) in [4.78, 5) is 11.8. The van der Waals surface area contributed by atoms with Crippen LogP contribution in [0.4, 0.5) is 0 Å². The van der Waals surface area contributed by atoms with Gasteiger partial charge in [0, 0.05) is 5.57 Å². The first-order chi connectivity index (χ1) is 14.2. The number of hydrogen-bond donors (Lipinski definition) is 1. The van der Waals surface area contributed by atoms with Crippen molar-refractivity contribution in [2.45, 2.75) is 105 Å². The standard InChI is InChI=1S/C28H47NO/c1-18(2)7-6-8-19(3)23-11-12-24-22-10-9-21-17-20(26(29)30)13-15-27(21,4)25(22)14-16-28(23,24)5/h13,18-19,21-25H,6-12,14-17H2,1-5H3,(H2,29,30)/t19-,21?,22+,23-,24+,25+,27+,28-/m1/s1. The van der Waals surface area contributed by atoms with Gasteiger partial charge in [-0.25, -0.2) is 0 Å².